The molecule has 0 aromatic heterocycles. The van der Waals surface area contributed by atoms with Crippen LogP contribution in [0.5, 0.6) is 0 Å². The van der Waals surface area contributed by atoms with E-state index in [-0.39, 0.29) is 68.6 Å². The lowest BCUT2D eigenvalue weighted by Crippen LogP contribution is -2.55. The molecule has 54 heavy (non-hydrogen) atoms. The fourth-order valence-electron chi connectivity index (χ4n) is 5.64. The Morgan fingerprint density at radius 3 is 2.33 bits per heavy atom. The number of nitrogens with one attached hydrogen (secondary N) is 3. The van der Waals surface area contributed by atoms with Crippen LogP contribution in [0.3, 0.4) is 0 Å². The minimum atomic E-state index is -4.44. The van der Waals surface area contributed by atoms with Crippen LogP contribution in [0.1, 0.15) is 58.1 Å². The van der Waals surface area contributed by atoms with Crippen molar-refractivity contribution in [3.8, 4) is 0 Å². The van der Waals surface area contributed by atoms with Crippen molar-refractivity contribution < 1.29 is 55.0 Å². The maximum Gasteiger partial charge on any atom is 0.410 e. The van der Waals surface area contributed by atoms with E-state index in [1.807, 2.05) is 0 Å². The third-order valence-electron chi connectivity index (χ3n) is 8.30. The zero-order chi connectivity index (χ0) is 39.8. The van der Waals surface area contributed by atoms with E-state index in [4.69, 9.17) is 25.8 Å². The van der Waals surface area contributed by atoms with Gasteiger partial charge in [0.2, 0.25) is 21.8 Å². The number of carbonyl (C=O) groups is 4. The summed E-state index contributed by atoms with van der Waals surface area (Å²) in [4.78, 5) is 53.8. The molecule has 1 unspecified atom stereocenters. The normalized spacial score (nSPS) is 17.6. The predicted molar refractivity (Wildman–Crippen MR) is 191 cm³/mol. The van der Waals surface area contributed by atoms with E-state index < -0.39 is 87.0 Å². The number of rotatable bonds is 17. The van der Waals surface area contributed by atoms with Crippen molar-refractivity contribution in [3.05, 3.63) is 58.9 Å². The zero-order valence-electron chi connectivity index (χ0n) is 30.3. The molecular formula is C35H45ClF3N5O9S. The molecule has 1 aliphatic carbocycles. The quantitative estimate of drug-likeness (QED) is 0.201. The summed E-state index contributed by atoms with van der Waals surface area (Å²) in [5.41, 5.74) is -0.956. The van der Waals surface area contributed by atoms with Gasteiger partial charge < -0.3 is 29.7 Å². The van der Waals surface area contributed by atoms with Gasteiger partial charge in [0, 0.05) is 61.7 Å². The van der Waals surface area contributed by atoms with Gasteiger partial charge in [-0.05, 0) is 51.5 Å². The number of hydrogen-bond donors (Lipinski definition) is 3. The van der Waals surface area contributed by atoms with Crippen molar-refractivity contribution in [2.45, 2.75) is 81.0 Å². The Bertz CT molecular complexity index is 1790. The van der Waals surface area contributed by atoms with Gasteiger partial charge in [-0.1, -0.05) is 29.8 Å². The molecule has 0 bridgehead atoms. The van der Waals surface area contributed by atoms with E-state index in [1.54, 1.807) is 33.9 Å². The molecule has 2 atom stereocenters. The Morgan fingerprint density at radius 1 is 1.06 bits per heavy atom. The summed E-state index contributed by atoms with van der Waals surface area (Å²) in [7, 11) is -2.87. The second kappa shape index (κ2) is 18.1. The largest absolute Gasteiger partial charge is 0.444 e. The summed E-state index contributed by atoms with van der Waals surface area (Å²) in [6.07, 6.45) is -1.77. The molecule has 2 fully saturated rings. The van der Waals surface area contributed by atoms with Crippen LogP contribution in [-0.2, 0) is 38.6 Å². The first-order valence-corrected chi connectivity index (χ1v) is 19.1. The van der Waals surface area contributed by atoms with Gasteiger partial charge in [0.15, 0.2) is 0 Å². The number of benzene rings is 2. The van der Waals surface area contributed by atoms with E-state index >= 15 is 4.39 Å². The van der Waals surface area contributed by atoms with E-state index in [1.165, 1.54) is 23.1 Å². The summed E-state index contributed by atoms with van der Waals surface area (Å²) >= 11 is 6.48. The van der Waals surface area contributed by atoms with Gasteiger partial charge in [0.05, 0.1) is 31.3 Å². The van der Waals surface area contributed by atoms with Gasteiger partial charge in [0.25, 0.3) is 11.8 Å². The zero-order valence-corrected chi connectivity index (χ0v) is 31.9. The molecule has 2 aliphatic rings. The summed E-state index contributed by atoms with van der Waals surface area (Å²) in [5, 5.41) is 5.02. The third-order valence-corrected chi connectivity index (χ3v) is 10.1. The molecule has 2 aromatic rings. The second-order valence-electron chi connectivity index (χ2n) is 13.9. The second-order valence-corrected chi connectivity index (χ2v) is 16.1. The number of nitrogens with zero attached hydrogens (tertiary/aromatic N) is 2. The lowest BCUT2D eigenvalue weighted by atomic mass is 9.87. The number of sulfonamides is 1. The number of ether oxygens (including phenoxy) is 3. The predicted octanol–water partition coefficient (Wildman–Crippen LogP) is 3.92. The molecule has 0 radical (unpaired) electrons. The first kappa shape index (κ1) is 42.8. The van der Waals surface area contributed by atoms with Crippen LogP contribution in [0.15, 0.2) is 47.4 Å². The van der Waals surface area contributed by atoms with Gasteiger partial charge in [-0.25, -0.2) is 31.1 Å². The molecule has 14 nitrogen and oxygen atoms in total. The Morgan fingerprint density at radius 2 is 1.72 bits per heavy atom. The number of halogens is 4. The number of amides is 4. The fourth-order valence-corrected chi connectivity index (χ4v) is 6.94. The number of carbonyl (C=O) groups excluding carboxylic acids is 4. The van der Waals surface area contributed by atoms with Gasteiger partial charge in [-0.3, -0.25) is 19.3 Å². The highest BCUT2D eigenvalue weighted by Gasteiger charge is 2.48. The molecule has 1 saturated carbocycles. The highest BCUT2D eigenvalue weighted by Crippen LogP contribution is 2.39. The SMILES string of the molecule is CN(CCOCCOCCNS(=O)(=O)c1cc(F)cc(N(C(=O)[C@@H]2CCC(=O)N2)C(C(=O)NC2CC(F)(F)C2)c2ccccc2Cl)c1)C(=O)OC(C)(C)C. The number of hydrogen-bond acceptors (Lipinski definition) is 9. The minimum absolute atomic E-state index is 0.00861. The average molecular weight is 804 g/mol. The average Bonchev–Trinajstić information content (AvgIpc) is 3.50. The topological polar surface area (TPSA) is 173 Å². The van der Waals surface area contributed by atoms with Gasteiger partial charge >= 0.3 is 6.09 Å². The van der Waals surface area contributed by atoms with Crippen molar-refractivity contribution in [2.24, 2.45) is 0 Å². The van der Waals surface area contributed by atoms with Crippen LogP contribution >= 0.6 is 11.6 Å². The van der Waals surface area contributed by atoms with E-state index in [0.717, 1.165) is 23.1 Å². The number of likely N-dealkylation sites (N-methyl/N-ethyl adjacent to an activating group) is 1. The summed E-state index contributed by atoms with van der Waals surface area (Å²) in [5.74, 6) is -6.32. The van der Waals surface area contributed by atoms with Crippen LogP contribution in [0.4, 0.5) is 23.7 Å². The fraction of sp³-hybridized carbons (Fsp3) is 0.543. The summed E-state index contributed by atoms with van der Waals surface area (Å²) < 4.78 is 87.8. The van der Waals surface area contributed by atoms with E-state index in [0.29, 0.717) is 0 Å². The molecule has 1 heterocycles. The monoisotopic (exact) mass is 803 g/mol. The first-order valence-electron chi connectivity index (χ1n) is 17.2. The van der Waals surface area contributed by atoms with Gasteiger partial charge in [-0.15, -0.1) is 0 Å². The Kier molecular flexibility index (Phi) is 14.3. The minimum Gasteiger partial charge on any atom is -0.444 e. The van der Waals surface area contributed by atoms with E-state index in [9.17, 15) is 36.4 Å². The lowest BCUT2D eigenvalue weighted by Gasteiger charge is -2.38. The Balaban J connectivity index is 1.47. The lowest BCUT2D eigenvalue weighted by molar-refractivity contribution is -0.133. The molecular weight excluding hydrogens is 759 g/mol. The molecule has 1 aliphatic heterocycles. The van der Waals surface area contributed by atoms with Crippen LogP contribution in [0, 0.1) is 5.82 Å². The first-order chi connectivity index (χ1) is 25.3. The maximum absolute atomic E-state index is 15.3. The standard InChI is InChI=1S/C35H45ClF3N5O9S/c1-34(2,3)53-33(48)43(4)12-14-52-16-15-51-13-11-40-54(49,50)25-18-22(37)17-24(19-25)44(32(47)28-9-10-29(45)42-28)30(26-7-5-6-8-27(26)36)31(46)41-23-20-35(38,39)21-23/h5-8,17-19,23,28,30,40H,9-16,20-21H2,1-4H3,(H,41,46)(H,42,45)/t28-,30?/m0/s1. The van der Waals surface area contributed by atoms with Crippen molar-refractivity contribution in [2.75, 3.05) is 51.5 Å². The molecule has 1 saturated heterocycles. The third kappa shape index (κ3) is 12.0. The number of anilines is 1. The van der Waals surface area contributed by atoms with Crippen LogP contribution in [-0.4, -0.2) is 107 Å². The van der Waals surface area contributed by atoms with Crippen LogP contribution in [0.2, 0.25) is 5.02 Å². The molecule has 3 N–H and O–H groups in total. The maximum atomic E-state index is 15.3. The van der Waals surface area contributed by atoms with Crippen LogP contribution < -0.4 is 20.3 Å². The summed E-state index contributed by atoms with van der Waals surface area (Å²) in [6.45, 7) is 5.66. The van der Waals surface area contributed by atoms with Crippen molar-refractivity contribution >= 4 is 51.1 Å². The highest BCUT2D eigenvalue weighted by molar-refractivity contribution is 7.89. The van der Waals surface area contributed by atoms with Crippen molar-refractivity contribution in [1.82, 2.24) is 20.3 Å². The van der Waals surface area contributed by atoms with Gasteiger partial charge in [-0.2, -0.15) is 0 Å². The number of alkyl halides is 2. The van der Waals surface area contributed by atoms with Crippen molar-refractivity contribution in [1.29, 1.82) is 0 Å². The van der Waals surface area contributed by atoms with Crippen molar-refractivity contribution in [3.63, 3.8) is 0 Å². The van der Waals surface area contributed by atoms with Crippen LogP contribution in [0.25, 0.3) is 0 Å². The summed E-state index contributed by atoms with van der Waals surface area (Å²) in [6, 6.07) is 4.68. The highest BCUT2D eigenvalue weighted by atomic mass is 35.5. The molecule has 298 valence electrons. The Labute approximate surface area is 317 Å². The molecule has 4 rings (SSSR count). The molecule has 0 spiro atoms. The smallest absolute Gasteiger partial charge is 0.410 e. The molecule has 4 amide bonds. The molecule has 2 aromatic carbocycles. The van der Waals surface area contributed by atoms with E-state index in [2.05, 4.69) is 15.4 Å². The molecule has 19 heteroatoms. The Hall–Kier alpha value is -3.97. The van der Waals surface area contributed by atoms with Gasteiger partial charge in [0.1, 0.15) is 23.5 Å².